The van der Waals surface area contributed by atoms with Gasteiger partial charge in [-0.05, 0) is 35.2 Å². The van der Waals surface area contributed by atoms with E-state index in [9.17, 15) is 23.4 Å². The summed E-state index contributed by atoms with van der Waals surface area (Å²) in [4.78, 5) is 11.5. The molecule has 1 unspecified atom stereocenters. The van der Waals surface area contributed by atoms with Crippen LogP contribution in [-0.2, 0) is 0 Å². The minimum Gasteiger partial charge on any atom is -0.478 e. The molecule has 0 aliphatic carbocycles. The van der Waals surface area contributed by atoms with Crippen LogP contribution >= 0.6 is 22.4 Å². The van der Waals surface area contributed by atoms with Crippen molar-refractivity contribution in [2.75, 3.05) is 18.9 Å². The summed E-state index contributed by atoms with van der Waals surface area (Å²) < 4.78 is 37.5. The Morgan fingerprint density at radius 1 is 1.28 bits per heavy atom. The summed E-state index contributed by atoms with van der Waals surface area (Å²) in [6, 6.07) is 6.59. The predicted octanol–water partition coefficient (Wildman–Crippen LogP) is 5.64. The number of rotatable bonds is 2. The van der Waals surface area contributed by atoms with Crippen LogP contribution in [0.5, 0.6) is 0 Å². The van der Waals surface area contributed by atoms with Crippen LogP contribution in [-0.4, -0.2) is 44.1 Å². The SMILES string of the molecule is CN1C(C(C)(C)C)CNc2cc(Cl)c(-c3ccc(F)c(C(=O)O)c3)cc2S1(O)O. The van der Waals surface area contributed by atoms with E-state index in [2.05, 4.69) is 5.32 Å². The molecule has 2 aromatic carbocycles. The molecule has 0 bridgehead atoms. The van der Waals surface area contributed by atoms with Crippen molar-refractivity contribution in [2.45, 2.75) is 31.7 Å². The Labute approximate surface area is 175 Å². The summed E-state index contributed by atoms with van der Waals surface area (Å²) >= 11 is 6.43. The lowest BCUT2D eigenvalue weighted by molar-refractivity contribution is 0.0692. The number of carboxylic acids is 1. The zero-order chi connectivity index (χ0) is 21.7. The molecule has 0 aromatic heterocycles. The van der Waals surface area contributed by atoms with Crippen LogP contribution in [0.2, 0.25) is 5.02 Å². The fourth-order valence-corrected chi connectivity index (χ4v) is 5.55. The molecule has 1 aliphatic rings. The fourth-order valence-electron chi connectivity index (χ4n) is 3.52. The van der Waals surface area contributed by atoms with E-state index in [1.54, 1.807) is 17.4 Å². The molecule has 0 amide bonds. The highest BCUT2D eigenvalue weighted by Crippen LogP contribution is 2.59. The maximum absolute atomic E-state index is 13.8. The molecule has 2 aromatic rings. The summed E-state index contributed by atoms with van der Waals surface area (Å²) in [5.41, 5.74) is 0.539. The Morgan fingerprint density at radius 3 is 2.52 bits per heavy atom. The Hall–Kier alpha value is -1.84. The van der Waals surface area contributed by atoms with E-state index in [0.29, 0.717) is 23.4 Å². The first kappa shape index (κ1) is 21.9. The molecule has 1 aliphatic heterocycles. The molecule has 1 heterocycles. The number of benzene rings is 2. The van der Waals surface area contributed by atoms with Gasteiger partial charge < -0.3 is 10.4 Å². The number of hydrogen-bond acceptors (Lipinski definition) is 5. The largest absolute Gasteiger partial charge is 0.478 e. The van der Waals surface area contributed by atoms with Crippen molar-refractivity contribution in [1.82, 2.24) is 4.31 Å². The third-order valence-electron chi connectivity index (χ3n) is 5.20. The summed E-state index contributed by atoms with van der Waals surface area (Å²) in [5, 5.41) is 12.7. The van der Waals surface area contributed by atoms with Crippen molar-refractivity contribution < 1.29 is 23.4 Å². The topological polar surface area (TPSA) is 93.0 Å². The van der Waals surface area contributed by atoms with E-state index in [1.807, 2.05) is 20.8 Å². The molecular weight excluding hydrogens is 419 g/mol. The van der Waals surface area contributed by atoms with Crippen LogP contribution in [0.15, 0.2) is 35.2 Å². The van der Waals surface area contributed by atoms with Crippen LogP contribution in [0, 0.1) is 11.2 Å². The van der Waals surface area contributed by atoms with Crippen LogP contribution < -0.4 is 5.32 Å². The van der Waals surface area contributed by atoms with Gasteiger partial charge >= 0.3 is 5.97 Å². The zero-order valence-corrected chi connectivity index (χ0v) is 18.1. The van der Waals surface area contributed by atoms with E-state index in [4.69, 9.17) is 11.6 Å². The molecule has 0 spiro atoms. The van der Waals surface area contributed by atoms with Gasteiger partial charge in [0, 0.05) is 19.2 Å². The molecule has 3 rings (SSSR count). The summed E-state index contributed by atoms with van der Waals surface area (Å²) in [6.07, 6.45) is 0. The second-order valence-corrected chi connectivity index (χ2v) is 10.6. The summed E-state index contributed by atoms with van der Waals surface area (Å²) in [5.74, 6) is -2.25. The van der Waals surface area contributed by atoms with E-state index in [1.165, 1.54) is 18.2 Å². The highest BCUT2D eigenvalue weighted by Gasteiger charge is 2.39. The highest BCUT2D eigenvalue weighted by atomic mass is 35.5. The molecule has 4 N–H and O–H groups in total. The molecule has 158 valence electrons. The molecule has 0 saturated carbocycles. The third kappa shape index (κ3) is 3.95. The van der Waals surface area contributed by atoms with Gasteiger partial charge in [-0.3, -0.25) is 9.11 Å². The maximum atomic E-state index is 13.8. The Kier molecular flexibility index (Phi) is 5.61. The average molecular weight is 443 g/mol. The number of likely N-dealkylation sites (N-methyl/N-ethyl adjacent to an activating group) is 1. The number of anilines is 1. The van der Waals surface area contributed by atoms with Gasteiger partial charge in [0.15, 0.2) is 0 Å². The Balaban J connectivity index is 2.16. The second kappa shape index (κ2) is 7.45. The van der Waals surface area contributed by atoms with Crippen molar-refractivity contribution >= 4 is 34.0 Å². The number of nitrogens with zero attached hydrogens (tertiary/aromatic N) is 1. The summed E-state index contributed by atoms with van der Waals surface area (Å²) in [6.45, 7) is 6.54. The number of halogens is 2. The van der Waals surface area contributed by atoms with Crippen molar-refractivity contribution in [3.63, 3.8) is 0 Å². The average Bonchev–Trinajstić information content (AvgIpc) is 2.69. The minimum absolute atomic E-state index is 0.174. The van der Waals surface area contributed by atoms with Crippen molar-refractivity contribution in [2.24, 2.45) is 5.41 Å². The number of hydrogen-bond donors (Lipinski definition) is 4. The number of aromatic carboxylic acids is 1. The third-order valence-corrected chi connectivity index (χ3v) is 7.50. The minimum atomic E-state index is -3.35. The molecule has 0 radical (unpaired) electrons. The van der Waals surface area contributed by atoms with Crippen molar-refractivity contribution in [3.05, 3.63) is 46.7 Å². The first-order valence-electron chi connectivity index (χ1n) is 8.96. The first-order chi connectivity index (χ1) is 13.3. The van der Waals surface area contributed by atoms with Gasteiger partial charge in [0.25, 0.3) is 0 Å². The molecule has 29 heavy (non-hydrogen) atoms. The lowest BCUT2D eigenvalue weighted by Crippen LogP contribution is -2.45. The molecule has 9 heteroatoms. The normalized spacial score (nSPS) is 20.3. The maximum Gasteiger partial charge on any atom is 0.338 e. The van der Waals surface area contributed by atoms with Crippen LogP contribution in [0.4, 0.5) is 10.1 Å². The molecule has 1 atom stereocenters. The van der Waals surface area contributed by atoms with E-state index < -0.39 is 28.1 Å². The Morgan fingerprint density at radius 2 is 1.93 bits per heavy atom. The van der Waals surface area contributed by atoms with Gasteiger partial charge in [0.05, 0.1) is 27.2 Å². The standard InChI is InChI=1S/C20H24ClFN2O4S/c1-20(2,3)18-10-23-16-9-14(21)12(8-17(16)29(27,28)24(18)4)11-5-6-15(22)13(7-11)19(25)26/h5-9,18,23,27-28H,10H2,1-4H3,(H,25,26). The van der Waals surface area contributed by atoms with Gasteiger partial charge in [-0.25, -0.2) is 9.18 Å². The van der Waals surface area contributed by atoms with Gasteiger partial charge in [-0.1, -0.05) is 38.4 Å². The summed E-state index contributed by atoms with van der Waals surface area (Å²) in [7, 11) is -1.69. The van der Waals surface area contributed by atoms with Crippen molar-refractivity contribution in [1.29, 1.82) is 0 Å². The van der Waals surface area contributed by atoms with E-state index in [-0.39, 0.29) is 21.4 Å². The van der Waals surface area contributed by atoms with E-state index >= 15 is 0 Å². The lowest BCUT2D eigenvalue weighted by Gasteiger charge is -2.47. The monoisotopic (exact) mass is 442 g/mol. The zero-order valence-electron chi connectivity index (χ0n) is 16.5. The second-order valence-electron chi connectivity index (χ2n) is 8.16. The van der Waals surface area contributed by atoms with E-state index in [0.717, 1.165) is 6.07 Å². The molecule has 0 fully saturated rings. The van der Waals surface area contributed by atoms with Crippen LogP contribution in [0.1, 0.15) is 31.1 Å². The predicted molar refractivity (Wildman–Crippen MR) is 114 cm³/mol. The number of nitrogens with one attached hydrogen (secondary N) is 1. The van der Waals surface area contributed by atoms with Crippen LogP contribution in [0.3, 0.4) is 0 Å². The highest BCUT2D eigenvalue weighted by molar-refractivity contribution is 8.22. The van der Waals surface area contributed by atoms with Crippen LogP contribution in [0.25, 0.3) is 11.1 Å². The number of fused-ring (bicyclic) bond motifs is 1. The first-order valence-corrected chi connectivity index (χ1v) is 10.8. The molecule has 0 saturated heterocycles. The lowest BCUT2D eigenvalue weighted by atomic mass is 9.87. The van der Waals surface area contributed by atoms with Crippen molar-refractivity contribution in [3.8, 4) is 11.1 Å². The Bertz CT molecular complexity index is 978. The smallest absolute Gasteiger partial charge is 0.338 e. The molecular formula is C20H24ClFN2O4S. The van der Waals surface area contributed by atoms with Gasteiger partial charge in [0.1, 0.15) is 5.82 Å². The fraction of sp³-hybridized carbons (Fsp3) is 0.350. The van der Waals surface area contributed by atoms with Gasteiger partial charge in [0.2, 0.25) is 0 Å². The number of carbonyl (C=O) groups is 1. The number of carboxylic acid groups (broad SMARTS) is 1. The van der Waals surface area contributed by atoms with Gasteiger partial charge in [-0.2, -0.15) is 4.31 Å². The quantitative estimate of drug-likeness (QED) is 0.481. The van der Waals surface area contributed by atoms with Gasteiger partial charge in [-0.15, -0.1) is 10.8 Å². The molecule has 6 nitrogen and oxygen atoms in total.